The SMILES string of the molecule is CCC1(NCc2cc(Br)c(N)c(C(=O)OCCCCCO)c2)CCCCC1. The molecule has 0 heterocycles. The highest BCUT2D eigenvalue weighted by molar-refractivity contribution is 9.10. The Hall–Kier alpha value is -1.11. The summed E-state index contributed by atoms with van der Waals surface area (Å²) in [6.07, 6.45) is 9.73. The monoisotopic (exact) mass is 440 g/mol. The standard InChI is InChI=1S/C21H33BrN2O3/c1-2-21(9-5-3-6-10-21)24-15-16-13-17(19(23)18(22)14-16)20(26)27-12-8-4-7-11-25/h13-14,24-25H,2-12,15,23H2,1H3. The van der Waals surface area contributed by atoms with Crippen LogP contribution < -0.4 is 11.1 Å². The van der Waals surface area contributed by atoms with Gasteiger partial charge in [0.05, 0.1) is 17.9 Å². The van der Waals surface area contributed by atoms with Crippen LogP contribution in [-0.4, -0.2) is 29.8 Å². The molecule has 27 heavy (non-hydrogen) atoms. The van der Waals surface area contributed by atoms with Crippen molar-refractivity contribution in [2.45, 2.75) is 76.8 Å². The Morgan fingerprint density at radius 3 is 2.67 bits per heavy atom. The molecule has 1 aliphatic rings. The van der Waals surface area contributed by atoms with Crippen molar-refractivity contribution in [2.24, 2.45) is 0 Å². The Bertz CT molecular complexity index is 616. The number of carbonyl (C=O) groups excluding carboxylic acids is 1. The molecule has 0 unspecified atom stereocenters. The first-order valence-corrected chi connectivity index (χ1v) is 10.9. The summed E-state index contributed by atoms with van der Waals surface area (Å²) in [5.74, 6) is -0.387. The van der Waals surface area contributed by atoms with E-state index in [1.54, 1.807) is 0 Å². The quantitative estimate of drug-likeness (QED) is 0.282. The number of hydrogen-bond acceptors (Lipinski definition) is 5. The second kappa shape index (κ2) is 11.0. The molecule has 5 nitrogen and oxygen atoms in total. The van der Waals surface area contributed by atoms with Crippen LogP contribution >= 0.6 is 15.9 Å². The van der Waals surface area contributed by atoms with Gasteiger partial charge in [0.2, 0.25) is 0 Å². The van der Waals surface area contributed by atoms with Crippen LogP contribution in [0.25, 0.3) is 0 Å². The van der Waals surface area contributed by atoms with E-state index in [1.807, 2.05) is 12.1 Å². The number of halogens is 1. The van der Waals surface area contributed by atoms with E-state index >= 15 is 0 Å². The van der Waals surface area contributed by atoms with Crippen molar-refractivity contribution in [2.75, 3.05) is 18.9 Å². The normalized spacial score (nSPS) is 16.3. The second-order valence-corrected chi connectivity index (χ2v) is 8.36. The fourth-order valence-corrected chi connectivity index (χ4v) is 4.26. The molecule has 1 aromatic carbocycles. The van der Waals surface area contributed by atoms with Gasteiger partial charge >= 0.3 is 5.97 Å². The van der Waals surface area contributed by atoms with Gasteiger partial charge in [0.25, 0.3) is 0 Å². The summed E-state index contributed by atoms with van der Waals surface area (Å²) in [4.78, 5) is 12.4. The van der Waals surface area contributed by atoms with Gasteiger partial charge in [-0.2, -0.15) is 0 Å². The van der Waals surface area contributed by atoms with Gasteiger partial charge in [-0.1, -0.05) is 26.2 Å². The molecular formula is C21H33BrN2O3. The molecule has 0 amide bonds. The lowest BCUT2D eigenvalue weighted by atomic mass is 9.79. The van der Waals surface area contributed by atoms with Crippen molar-refractivity contribution >= 4 is 27.6 Å². The maximum Gasteiger partial charge on any atom is 0.340 e. The van der Waals surface area contributed by atoms with Gasteiger partial charge in [-0.05, 0) is 72.2 Å². The lowest BCUT2D eigenvalue weighted by Gasteiger charge is -2.38. The van der Waals surface area contributed by atoms with Crippen molar-refractivity contribution in [3.8, 4) is 0 Å². The fourth-order valence-electron chi connectivity index (χ4n) is 3.75. The zero-order chi connectivity index (χ0) is 19.7. The minimum Gasteiger partial charge on any atom is -0.462 e. The number of ether oxygens (including phenoxy) is 1. The number of aliphatic hydroxyl groups excluding tert-OH is 1. The third-order valence-corrected chi connectivity index (χ3v) is 6.26. The molecular weight excluding hydrogens is 408 g/mol. The van der Waals surface area contributed by atoms with Gasteiger partial charge in [0.15, 0.2) is 0 Å². The van der Waals surface area contributed by atoms with Crippen LogP contribution in [0.2, 0.25) is 0 Å². The Kier molecular flexibility index (Phi) is 9.06. The number of hydrogen-bond donors (Lipinski definition) is 3. The van der Waals surface area contributed by atoms with Gasteiger partial charge in [-0.25, -0.2) is 4.79 Å². The van der Waals surface area contributed by atoms with E-state index in [9.17, 15) is 4.79 Å². The van der Waals surface area contributed by atoms with Crippen molar-refractivity contribution in [3.05, 3.63) is 27.7 Å². The van der Waals surface area contributed by atoms with Gasteiger partial charge in [-0.15, -0.1) is 0 Å². The minimum absolute atomic E-state index is 0.169. The first-order chi connectivity index (χ1) is 13.0. The number of nitrogen functional groups attached to an aromatic ring is 1. The molecule has 0 spiro atoms. The van der Waals surface area contributed by atoms with Crippen LogP contribution in [0.4, 0.5) is 5.69 Å². The van der Waals surface area contributed by atoms with E-state index in [-0.39, 0.29) is 18.1 Å². The van der Waals surface area contributed by atoms with Gasteiger partial charge in [-0.3, -0.25) is 0 Å². The maximum atomic E-state index is 12.4. The summed E-state index contributed by atoms with van der Waals surface area (Å²) >= 11 is 3.48. The third kappa shape index (κ3) is 6.47. The van der Waals surface area contributed by atoms with E-state index in [1.165, 1.54) is 32.1 Å². The van der Waals surface area contributed by atoms with Crippen molar-refractivity contribution in [1.29, 1.82) is 0 Å². The Balaban J connectivity index is 2.00. The first-order valence-electron chi connectivity index (χ1n) is 10.1. The average molecular weight is 441 g/mol. The number of aliphatic hydroxyl groups is 1. The summed E-state index contributed by atoms with van der Waals surface area (Å²) < 4.78 is 6.08. The zero-order valence-electron chi connectivity index (χ0n) is 16.4. The Labute approximate surface area is 171 Å². The van der Waals surface area contributed by atoms with Crippen molar-refractivity contribution < 1.29 is 14.6 Å². The second-order valence-electron chi connectivity index (χ2n) is 7.51. The molecule has 152 valence electrons. The van der Waals surface area contributed by atoms with Crippen molar-refractivity contribution in [3.63, 3.8) is 0 Å². The predicted octanol–water partition coefficient (Wildman–Crippen LogP) is 4.55. The molecule has 1 fully saturated rings. The summed E-state index contributed by atoms with van der Waals surface area (Å²) in [5, 5.41) is 12.5. The van der Waals surface area contributed by atoms with Crippen LogP contribution in [0.3, 0.4) is 0 Å². The molecule has 2 rings (SSSR count). The first kappa shape index (κ1) is 22.2. The van der Waals surface area contributed by atoms with Gasteiger partial charge < -0.3 is 20.9 Å². The molecule has 0 bridgehead atoms. The lowest BCUT2D eigenvalue weighted by Crippen LogP contribution is -2.45. The third-order valence-electron chi connectivity index (χ3n) is 5.60. The molecule has 4 N–H and O–H groups in total. The summed E-state index contributed by atoms with van der Waals surface area (Å²) in [7, 11) is 0. The largest absolute Gasteiger partial charge is 0.462 e. The van der Waals surface area contributed by atoms with E-state index in [4.69, 9.17) is 15.6 Å². The number of unbranched alkanes of at least 4 members (excludes halogenated alkanes) is 2. The topological polar surface area (TPSA) is 84.6 Å². The highest BCUT2D eigenvalue weighted by Crippen LogP contribution is 2.32. The molecule has 0 aromatic heterocycles. The average Bonchev–Trinajstić information content (AvgIpc) is 2.69. The fraction of sp³-hybridized carbons (Fsp3) is 0.667. The van der Waals surface area contributed by atoms with Crippen LogP contribution in [0.5, 0.6) is 0 Å². The highest BCUT2D eigenvalue weighted by Gasteiger charge is 2.29. The number of carbonyl (C=O) groups is 1. The molecule has 0 atom stereocenters. The molecule has 0 radical (unpaired) electrons. The molecule has 1 saturated carbocycles. The van der Waals surface area contributed by atoms with Crippen LogP contribution in [-0.2, 0) is 11.3 Å². The van der Waals surface area contributed by atoms with Gasteiger partial charge in [0.1, 0.15) is 0 Å². The molecule has 0 saturated heterocycles. The summed E-state index contributed by atoms with van der Waals surface area (Å²) in [6, 6.07) is 3.82. The smallest absolute Gasteiger partial charge is 0.340 e. The number of nitrogens with two attached hydrogens (primary N) is 1. The molecule has 1 aliphatic carbocycles. The van der Waals surface area contributed by atoms with Gasteiger partial charge in [0, 0.05) is 23.2 Å². The van der Waals surface area contributed by atoms with Crippen LogP contribution in [0.1, 0.15) is 80.6 Å². The number of esters is 1. The Morgan fingerprint density at radius 1 is 1.26 bits per heavy atom. The number of anilines is 1. The van der Waals surface area contributed by atoms with Crippen LogP contribution in [0.15, 0.2) is 16.6 Å². The van der Waals surface area contributed by atoms with E-state index < -0.39 is 0 Å². The number of benzene rings is 1. The summed E-state index contributed by atoms with van der Waals surface area (Å²) in [6.45, 7) is 3.47. The van der Waals surface area contributed by atoms with Crippen molar-refractivity contribution in [1.82, 2.24) is 5.32 Å². The van der Waals surface area contributed by atoms with E-state index in [2.05, 4.69) is 28.2 Å². The molecule has 6 heteroatoms. The zero-order valence-corrected chi connectivity index (χ0v) is 17.9. The summed E-state index contributed by atoms with van der Waals surface area (Å²) in [5.41, 5.74) is 8.16. The molecule has 1 aromatic rings. The Morgan fingerprint density at radius 2 is 2.00 bits per heavy atom. The van der Waals surface area contributed by atoms with E-state index in [0.717, 1.165) is 35.7 Å². The number of rotatable bonds is 10. The highest BCUT2D eigenvalue weighted by atomic mass is 79.9. The van der Waals surface area contributed by atoms with Crippen LogP contribution in [0, 0.1) is 0 Å². The lowest BCUT2D eigenvalue weighted by molar-refractivity contribution is 0.0498. The van der Waals surface area contributed by atoms with E-state index in [0.29, 0.717) is 24.4 Å². The minimum atomic E-state index is -0.387. The number of nitrogens with one attached hydrogen (secondary N) is 1. The maximum absolute atomic E-state index is 12.4. The predicted molar refractivity (Wildman–Crippen MR) is 113 cm³/mol. The molecule has 0 aliphatic heterocycles.